The molecule has 0 fully saturated rings. The predicted octanol–water partition coefficient (Wildman–Crippen LogP) is 5.83. The molecule has 4 heterocycles. The number of hydrogen-bond donors (Lipinski definition) is 2. The second-order valence-electron chi connectivity index (χ2n) is 8.59. The zero-order valence-electron chi connectivity index (χ0n) is 20.8. The normalized spacial score (nSPS) is 11.4. The van der Waals surface area contributed by atoms with Crippen molar-refractivity contribution in [2.24, 2.45) is 12.8 Å². The summed E-state index contributed by atoms with van der Waals surface area (Å²) in [7, 11) is 1.69. The van der Waals surface area contributed by atoms with Crippen LogP contribution in [0.15, 0.2) is 42.7 Å². The third-order valence-electron chi connectivity index (χ3n) is 5.79. The summed E-state index contributed by atoms with van der Waals surface area (Å²) < 4.78 is 36.0. The smallest absolute Gasteiger partial charge is 0.280 e. The summed E-state index contributed by atoms with van der Waals surface area (Å²) in [4.78, 5) is 29.7. The Hall–Kier alpha value is -4.07. The van der Waals surface area contributed by atoms with E-state index in [1.54, 1.807) is 32.3 Å². The summed E-state index contributed by atoms with van der Waals surface area (Å²) >= 11 is 12.8. The van der Waals surface area contributed by atoms with Gasteiger partial charge in [0.1, 0.15) is 21.2 Å². The Kier molecular flexibility index (Phi) is 7.45. The molecule has 0 aliphatic carbocycles. The fraction of sp³-hybridized carbons (Fsp3) is 0.160. The number of nitrogens with zero attached hydrogens (tertiary/aromatic N) is 5. The van der Waals surface area contributed by atoms with E-state index in [2.05, 4.69) is 20.5 Å². The van der Waals surface area contributed by atoms with Crippen molar-refractivity contribution in [3.05, 3.63) is 74.7 Å². The minimum atomic E-state index is -2.87. The molecule has 3 N–H and O–H groups in total. The number of fused-ring (bicyclic) bond motifs is 1. The summed E-state index contributed by atoms with van der Waals surface area (Å²) in [6, 6.07) is 7.41. The van der Waals surface area contributed by atoms with Crippen LogP contribution in [0.2, 0.25) is 10.0 Å². The van der Waals surface area contributed by atoms with Crippen LogP contribution in [0.3, 0.4) is 0 Å². The molecule has 40 heavy (non-hydrogen) atoms. The van der Waals surface area contributed by atoms with Crippen LogP contribution in [0.4, 0.5) is 14.5 Å². The largest absolute Gasteiger partial charge is 0.470 e. The van der Waals surface area contributed by atoms with Crippen molar-refractivity contribution in [2.45, 2.75) is 20.1 Å². The van der Waals surface area contributed by atoms with Crippen molar-refractivity contribution < 1.29 is 23.1 Å². The maximum Gasteiger partial charge on any atom is 0.280 e. The van der Waals surface area contributed by atoms with E-state index in [4.69, 9.17) is 33.7 Å². The summed E-state index contributed by atoms with van der Waals surface area (Å²) in [5.74, 6) is -1.15. The number of anilines is 1. The highest BCUT2D eigenvalue weighted by molar-refractivity contribution is 7.21. The van der Waals surface area contributed by atoms with Gasteiger partial charge in [0.2, 0.25) is 0 Å². The summed E-state index contributed by atoms with van der Waals surface area (Å²) in [5, 5.41) is 12.2. The molecule has 2 amide bonds. The number of pyridine rings is 1. The van der Waals surface area contributed by atoms with Gasteiger partial charge in [0.15, 0.2) is 12.4 Å². The lowest BCUT2D eigenvalue weighted by Crippen LogP contribution is -2.18. The first-order valence-corrected chi connectivity index (χ1v) is 13.1. The van der Waals surface area contributed by atoms with Gasteiger partial charge in [0, 0.05) is 35.4 Å². The van der Waals surface area contributed by atoms with E-state index in [0.717, 1.165) is 11.3 Å². The Morgan fingerprint density at radius 3 is 2.60 bits per heavy atom. The molecular formula is C25H19Cl2F2N7O3S. The van der Waals surface area contributed by atoms with Gasteiger partial charge in [-0.15, -0.1) is 11.3 Å². The van der Waals surface area contributed by atoms with Gasteiger partial charge >= 0.3 is 0 Å². The number of carbonyl (C=O) groups is 2. The standard InChI is InChI=1S/C25H19Cl2F2N7O3S/c1-11-14(9-35(2)33-11)13-8-17(22(28)29)31-25-19(13)20(21(40-25)23(30)37)32-24(38)16-5-6-36(34-16)10-39-18-4-3-12(26)7-15(18)27/h3-9,22H,10H2,1-2H3,(H2,30,37)(H,32,38). The van der Waals surface area contributed by atoms with Crippen molar-refractivity contribution in [3.63, 3.8) is 0 Å². The average molecular weight is 606 g/mol. The fourth-order valence-electron chi connectivity index (χ4n) is 4.06. The average Bonchev–Trinajstić information content (AvgIpc) is 3.60. The monoisotopic (exact) mass is 605 g/mol. The van der Waals surface area contributed by atoms with Crippen LogP contribution in [-0.2, 0) is 13.8 Å². The third kappa shape index (κ3) is 5.35. The molecule has 206 valence electrons. The molecule has 5 aromatic rings. The zero-order chi connectivity index (χ0) is 28.7. The predicted molar refractivity (Wildman–Crippen MR) is 147 cm³/mol. The van der Waals surface area contributed by atoms with Gasteiger partial charge in [-0.1, -0.05) is 23.2 Å². The minimum Gasteiger partial charge on any atom is -0.470 e. The van der Waals surface area contributed by atoms with Gasteiger partial charge in [0.05, 0.1) is 16.4 Å². The number of thiophene rings is 1. The highest BCUT2D eigenvalue weighted by atomic mass is 35.5. The van der Waals surface area contributed by atoms with Crippen molar-refractivity contribution in [1.82, 2.24) is 24.5 Å². The van der Waals surface area contributed by atoms with E-state index in [1.807, 2.05) is 0 Å². The van der Waals surface area contributed by atoms with E-state index in [0.29, 0.717) is 32.6 Å². The number of ether oxygens (including phenoxy) is 1. The van der Waals surface area contributed by atoms with E-state index >= 15 is 0 Å². The number of rotatable bonds is 8. The number of amides is 2. The van der Waals surface area contributed by atoms with Crippen LogP contribution in [0.1, 0.15) is 38.0 Å². The first kappa shape index (κ1) is 27.5. The van der Waals surface area contributed by atoms with Gasteiger partial charge in [0.25, 0.3) is 18.2 Å². The first-order valence-electron chi connectivity index (χ1n) is 11.5. The lowest BCUT2D eigenvalue weighted by molar-refractivity contribution is 0.100. The molecule has 0 spiro atoms. The lowest BCUT2D eigenvalue weighted by Gasteiger charge is -2.10. The number of aryl methyl sites for hydroxylation is 2. The third-order valence-corrected chi connectivity index (χ3v) is 7.42. The molecule has 0 saturated heterocycles. The Bertz CT molecular complexity index is 1780. The van der Waals surface area contributed by atoms with Crippen molar-refractivity contribution in [1.29, 1.82) is 0 Å². The highest BCUT2D eigenvalue weighted by Gasteiger charge is 2.26. The van der Waals surface area contributed by atoms with Gasteiger partial charge in [-0.2, -0.15) is 10.2 Å². The fourth-order valence-corrected chi connectivity index (χ4v) is 5.54. The highest BCUT2D eigenvalue weighted by Crippen LogP contribution is 2.43. The summed E-state index contributed by atoms with van der Waals surface area (Å²) in [6.45, 7) is 1.66. The number of aromatic nitrogens is 5. The second kappa shape index (κ2) is 10.8. The Morgan fingerprint density at radius 2 is 1.95 bits per heavy atom. The quantitative estimate of drug-likeness (QED) is 0.229. The molecule has 15 heteroatoms. The summed E-state index contributed by atoms with van der Waals surface area (Å²) in [6.07, 6.45) is 0.299. The maximum absolute atomic E-state index is 13.7. The number of hydrogen-bond acceptors (Lipinski definition) is 7. The van der Waals surface area contributed by atoms with E-state index in [1.165, 1.54) is 33.8 Å². The van der Waals surface area contributed by atoms with Gasteiger partial charge in [-0.25, -0.2) is 18.4 Å². The minimum absolute atomic E-state index is 0.00292. The molecule has 0 atom stereocenters. The topological polar surface area (TPSA) is 130 Å². The number of primary amides is 1. The van der Waals surface area contributed by atoms with Crippen LogP contribution < -0.4 is 15.8 Å². The molecule has 4 aromatic heterocycles. The van der Waals surface area contributed by atoms with E-state index < -0.39 is 23.9 Å². The number of alkyl halides is 2. The molecule has 1 aromatic carbocycles. The van der Waals surface area contributed by atoms with Crippen LogP contribution in [0.5, 0.6) is 5.75 Å². The van der Waals surface area contributed by atoms with Gasteiger partial charge in [-0.05, 0) is 42.8 Å². The number of carbonyl (C=O) groups excluding carboxylic acids is 2. The molecule has 0 aliphatic rings. The molecule has 10 nitrogen and oxygen atoms in total. The molecule has 0 aliphatic heterocycles. The van der Waals surface area contributed by atoms with Crippen molar-refractivity contribution >= 4 is 62.3 Å². The van der Waals surface area contributed by atoms with E-state index in [-0.39, 0.29) is 33.2 Å². The lowest BCUT2D eigenvalue weighted by atomic mass is 10.0. The van der Waals surface area contributed by atoms with Crippen LogP contribution in [-0.4, -0.2) is 36.4 Å². The zero-order valence-corrected chi connectivity index (χ0v) is 23.1. The Balaban J connectivity index is 1.50. The molecule has 0 bridgehead atoms. The van der Waals surface area contributed by atoms with Gasteiger partial charge in [-0.3, -0.25) is 14.3 Å². The number of halogens is 4. The van der Waals surface area contributed by atoms with Crippen LogP contribution >= 0.6 is 34.5 Å². The molecular weight excluding hydrogens is 587 g/mol. The molecule has 0 unspecified atom stereocenters. The number of nitrogens with one attached hydrogen (secondary N) is 1. The van der Waals surface area contributed by atoms with E-state index in [9.17, 15) is 18.4 Å². The first-order chi connectivity index (χ1) is 19.0. The molecule has 0 radical (unpaired) electrons. The van der Waals surface area contributed by atoms with Crippen molar-refractivity contribution in [3.8, 4) is 16.9 Å². The van der Waals surface area contributed by atoms with Crippen molar-refractivity contribution in [2.75, 3.05) is 5.32 Å². The number of benzene rings is 1. The SMILES string of the molecule is Cc1nn(C)cc1-c1cc(C(F)F)nc2sc(C(N)=O)c(NC(=O)c3ccn(COc4ccc(Cl)cc4Cl)n3)c12. The molecule has 0 saturated carbocycles. The maximum atomic E-state index is 13.7. The Morgan fingerprint density at radius 1 is 1.18 bits per heavy atom. The van der Waals surface area contributed by atoms with Gasteiger partial charge < -0.3 is 15.8 Å². The second-order valence-corrected chi connectivity index (χ2v) is 10.4. The Labute approximate surface area is 239 Å². The van der Waals surface area contributed by atoms with Crippen LogP contribution in [0, 0.1) is 6.92 Å². The molecule has 5 rings (SSSR count). The number of nitrogens with two attached hydrogens (primary N) is 1. The van der Waals surface area contributed by atoms with Crippen LogP contribution in [0.25, 0.3) is 21.3 Å². The summed E-state index contributed by atoms with van der Waals surface area (Å²) in [5.41, 5.74) is 6.57.